The summed E-state index contributed by atoms with van der Waals surface area (Å²) >= 11 is 1.09. The number of hydrogen-bond donors (Lipinski definition) is 1. The average molecular weight is 431 g/mol. The van der Waals surface area contributed by atoms with Gasteiger partial charge in [-0.1, -0.05) is 18.2 Å². The Morgan fingerprint density at radius 1 is 1.28 bits per heavy atom. The highest BCUT2D eigenvalue weighted by molar-refractivity contribution is 8.18. The number of rotatable bonds is 3. The molecule has 0 radical (unpaired) electrons. The first-order valence-electron chi connectivity index (χ1n) is 9.29. The fourth-order valence-corrected chi connectivity index (χ4v) is 6.65. The molecular formula is C20H22N4O3S2. The van der Waals surface area contributed by atoms with Crippen LogP contribution in [-0.2, 0) is 15.4 Å². The molecule has 1 N–H and O–H groups in total. The molecule has 0 bridgehead atoms. The van der Waals surface area contributed by atoms with Crippen LogP contribution in [-0.4, -0.2) is 40.8 Å². The minimum atomic E-state index is -3.05. The number of amidine groups is 1. The Morgan fingerprint density at radius 3 is 2.66 bits per heavy atom. The minimum absolute atomic E-state index is 0.0908. The molecule has 3 heterocycles. The molecule has 1 atom stereocenters. The standard InChI is InChI=1S/C20H22N4O3S2/c1-13-16(14(2)24(23-13)20(3)9-10-29(26,27)12-20)11-17-18(22-19(25)28-17)21-15-7-5-4-6-8-15/h4-8,11H,9-10,12H2,1-3H3,(H,21,22,25)/b17-11-/t20-/m0/s1. The van der Waals surface area contributed by atoms with Crippen LogP contribution in [0.5, 0.6) is 0 Å². The van der Waals surface area contributed by atoms with Crippen molar-refractivity contribution in [2.24, 2.45) is 4.99 Å². The highest BCUT2D eigenvalue weighted by atomic mass is 32.2. The molecule has 0 spiro atoms. The zero-order valence-electron chi connectivity index (χ0n) is 16.5. The Balaban J connectivity index is 1.74. The van der Waals surface area contributed by atoms with Crippen molar-refractivity contribution < 1.29 is 13.2 Å². The molecule has 1 aromatic carbocycles. The number of carbonyl (C=O) groups excluding carboxylic acids is 1. The molecule has 2 fully saturated rings. The van der Waals surface area contributed by atoms with Crippen LogP contribution in [0.15, 0.2) is 40.2 Å². The second-order valence-electron chi connectivity index (χ2n) is 7.65. The lowest BCUT2D eigenvalue weighted by Crippen LogP contribution is -2.33. The second-order valence-corrected chi connectivity index (χ2v) is 10.9. The van der Waals surface area contributed by atoms with Crippen LogP contribution in [0.2, 0.25) is 0 Å². The van der Waals surface area contributed by atoms with E-state index in [0.29, 0.717) is 17.2 Å². The van der Waals surface area contributed by atoms with Crippen molar-refractivity contribution in [1.82, 2.24) is 15.1 Å². The van der Waals surface area contributed by atoms with E-state index in [4.69, 9.17) is 0 Å². The maximum absolute atomic E-state index is 12.0. The summed E-state index contributed by atoms with van der Waals surface area (Å²) in [5, 5.41) is 7.27. The monoisotopic (exact) mass is 430 g/mol. The number of aryl methyl sites for hydroxylation is 1. The minimum Gasteiger partial charge on any atom is -0.300 e. The average Bonchev–Trinajstić information content (AvgIpc) is 3.25. The van der Waals surface area contributed by atoms with Gasteiger partial charge in [0.05, 0.1) is 33.3 Å². The van der Waals surface area contributed by atoms with Crippen molar-refractivity contribution in [2.75, 3.05) is 11.5 Å². The third kappa shape index (κ3) is 3.89. The molecule has 0 aliphatic carbocycles. The molecule has 4 rings (SSSR count). The van der Waals surface area contributed by atoms with Crippen LogP contribution < -0.4 is 5.32 Å². The normalized spacial score (nSPS) is 26.4. The van der Waals surface area contributed by atoms with E-state index in [1.165, 1.54) is 0 Å². The number of carbonyl (C=O) groups is 1. The molecule has 7 nitrogen and oxygen atoms in total. The topological polar surface area (TPSA) is 93.4 Å². The molecule has 1 amide bonds. The number of aromatic nitrogens is 2. The number of sulfone groups is 1. The molecule has 2 aliphatic heterocycles. The highest BCUT2D eigenvalue weighted by Crippen LogP contribution is 2.35. The first-order valence-corrected chi connectivity index (χ1v) is 11.9. The van der Waals surface area contributed by atoms with E-state index in [9.17, 15) is 13.2 Å². The Morgan fingerprint density at radius 2 is 2.00 bits per heavy atom. The lowest BCUT2D eigenvalue weighted by molar-refractivity contribution is 0.265. The zero-order chi connectivity index (χ0) is 20.8. The number of benzene rings is 1. The first-order chi connectivity index (χ1) is 13.7. The van der Waals surface area contributed by atoms with Gasteiger partial charge in [0, 0.05) is 11.3 Å². The number of nitrogens with one attached hydrogen (secondary N) is 1. The molecule has 0 saturated carbocycles. The van der Waals surface area contributed by atoms with Crippen molar-refractivity contribution in [3.63, 3.8) is 0 Å². The van der Waals surface area contributed by atoms with Crippen molar-refractivity contribution >= 4 is 44.4 Å². The molecule has 152 valence electrons. The van der Waals surface area contributed by atoms with Gasteiger partial charge in [0.25, 0.3) is 5.24 Å². The second kappa shape index (κ2) is 7.14. The van der Waals surface area contributed by atoms with Crippen LogP contribution in [0.4, 0.5) is 10.5 Å². The summed E-state index contributed by atoms with van der Waals surface area (Å²) in [6.45, 7) is 5.77. The van der Waals surface area contributed by atoms with Gasteiger partial charge >= 0.3 is 0 Å². The number of thioether (sulfide) groups is 1. The van der Waals surface area contributed by atoms with E-state index >= 15 is 0 Å². The Bertz CT molecular complexity index is 1150. The Hall–Kier alpha value is -2.39. The van der Waals surface area contributed by atoms with Gasteiger partial charge in [0.1, 0.15) is 5.84 Å². The van der Waals surface area contributed by atoms with Gasteiger partial charge in [-0.2, -0.15) is 5.10 Å². The molecule has 0 unspecified atom stereocenters. The van der Waals surface area contributed by atoms with Crippen LogP contribution >= 0.6 is 11.8 Å². The largest absolute Gasteiger partial charge is 0.300 e. The highest BCUT2D eigenvalue weighted by Gasteiger charge is 2.41. The SMILES string of the molecule is Cc1nn([C@@]2(C)CCS(=O)(=O)C2)c(C)c1/C=C1\SC(=O)NC1=Nc1ccccc1. The summed E-state index contributed by atoms with van der Waals surface area (Å²) in [6.07, 6.45) is 2.45. The van der Waals surface area contributed by atoms with Crippen LogP contribution in [0, 0.1) is 13.8 Å². The van der Waals surface area contributed by atoms with Crippen molar-refractivity contribution in [3.05, 3.63) is 52.2 Å². The molecule has 9 heteroatoms. The number of nitrogens with zero attached hydrogens (tertiary/aromatic N) is 3. The summed E-state index contributed by atoms with van der Waals surface area (Å²) in [4.78, 5) is 17.3. The quantitative estimate of drug-likeness (QED) is 0.804. The zero-order valence-corrected chi connectivity index (χ0v) is 18.1. The Labute approximate surface area is 174 Å². The number of hydrogen-bond acceptors (Lipinski definition) is 6. The fourth-order valence-electron chi connectivity index (χ4n) is 3.83. The number of amides is 1. The summed E-state index contributed by atoms with van der Waals surface area (Å²) in [6, 6.07) is 9.43. The van der Waals surface area contributed by atoms with Crippen molar-refractivity contribution in [3.8, 4) is 0 Å². The molecule has 1 aromatic heterocycles. The molecular weight excluding hydrogens is 408 g/mol. The predicted octanol–water partition coefficient (Wildman–Crippen LogP) is 3.56. The van der Waals surface area contributed by atoms with Gasteiger partial charge in [0.15, 0.2) is 9.84 Å². The van der Waals surface area contributed by atoms with E-state index in [-0.39, 0.29) is 16.7 Å². The number of para-hydroxylation sites is 1. The maximum Gasteiger partial charge on any atom is 0.289 e. The molecule has 2 aliphatic rings. The van der Waals surface area contributed by atoms with E-state index in [0.717, 1.165) is 34.4 Å². The van der Waals surface area contributed by atoms with E-state index in [1.807, 2.05) is 61.9 Å². The van der Waals surface area contributed by atoms with E-state index in [1.54, 1.807) is 0 Å². The summed E-state index contributed by atoms with van der Waals surface area (Å²) < 4.78 is 25.9. The fraction of sp³-hybridized carbons (Fsp3) is 0.350. The molecule has 2 saturated heterocycles. The summed E-state index contributed by atoms with van der Waals surface area (Å²) in [7, 11) is -3.05. The number of aliphatic imine (C=N–C) groups is 1. The van der Waals surface area contributed by atoms with E-state index in [2.05, 4.69) is 15.4 Å². The van der Waals surface area contributed by atoms with Crippen LogP contribution in [0.3, 0.4) is 0 Å². The van der Waals surface area contributed by atoms with Gasteiger partial charge in [0.2, 0.25) is 0 Å². The van der Waals surface area contributed by atoms with Crippen molar-refractivity contribution in [1.29, 1.82) is 0 Å². The lowest BCUT2D eigenvalue weighted by Gasteiger charge is -2.24. The smallest absolute Gasteiger partial charge is 0.289 e. The first kappa shape index (κ1) is 19.9. The van der Waals surface area contributed by atoms with Gasteiger partial charge in [-0.25, -0.2) is 13.4 Å². The summed E-state index contributed by atoms with van der Waals surface area (Å²) in [5.74, 6) is 0.779. The third-order valence-corrected chi connectivity index (χ3v) is 7.98. The summed E-state index contributed by atoms with van der Waals surface area (Å²) in [5.41, 5.74) is 2.76. The van der Waals surface area contributed by atoms with Gasteiger partial charge in [-0.15, -0.1) is 0 Å². The van der Waals surface area contributed by atoms with Crippen LogP contribution in [0.1, 0.15) is 30.3 Å². The maximum atomic E-state index is 12.0. The Kier molecular flexibility index (Phi) is 4.90. The molecule has 29 heavy (non-hydrogen) atoms. The van der Waals surface area contributed by atoms with Gasteiger partial charge in [-0.05, 0) is 57.2 Å². The molecule has 2 aromatic rings. The van der Waals surface area contributed by atoms with Gasteiger partial charge in [-0.3, -0.25) is 9.48 Å². The van der Waals surface area contributed by atoms with E-state index < -0.39 is 15.4 Å². The van der Waals surface area contributed by atoms with Gasteiger partial charge < -0.3 is 5.32 Å². The predicted molar refractivity (Wildman–Crippen MR) is 116 cm³/mol. The van der Waals surface area contributed by atoms with Crippen molar-refractivity contribution in [2.45, 2.75) is 32.7 Å². The third-order valence-electron chi connectivity index (χ3n) is 5.27. The van der Waals surface area contributed by atoms with Crippen LogP contribution in [0.25, 0.3) is 6.08 Å². The lowest BCUT2D eigenvalue weighted by atomic mass is 10.0.